The molecule has 0 fully saturated rings. The first kappa shape index (κ1) is 23.1. The lowest BCUT2D eigenvalue weighted by Crippen LogP contribution is -2.39. The van der Waals surface area contributed by atoms with Gasteiger partial charge in [0, 0.05) is 6.92 Å². The van der Waals surface area contributed by atoms with E-state index in [2.05, 4.69) is 4.99 Å². The summed E-state index contributed by atoms with van der Waals surface area (Å²) in [6, 6.07) is 15.7. The molecule has 0 saturated heterocycles. The number of carbonyl (C=O) groups excluding carboxylic acids is 2. The van der Waals surface area contributed by atoms with E-state index in [1.165, 1.54) is 29.9 Å². The summed E-state index contributed by atoms with van der Waals surface area (Å²) < 4.78 is 12.1. The smallest absolute Gasteiger partial charge is 0.338 e. The molecular formula is C26H22N2O5S. The number of thiazole rings is 1. The van der Waals surface area contributed by atoms with Gasteiger partial charge in [0.05, 0.1) is 29.0 Å². The summed E-state index contributed by atoms with van der Waals surface area (Å²) >= 11 is 1.25. The highest BCUT2D eigenvalue weighted by atomic mass is 32.1. The summed E-state index contributed by atoms with van der Waals surface area (Å²) in [6.45, 7) is 3.04. The van der Waals surface area contributed by atoms with Gasteiger partial charge in [-0.15, -0.1) is 0 Å². The Bertz CT molecular complexity index is 1480. The van der Waals surface area contributed by atoms with Crippen LogP contribution in [0.5, 0.6) is 5.75 Å². The molecule has 3 aromatic rings. The predicted molar refractivity (Wildman–Crippen MR) is 130 cm³/mol. The lowest BCUT2D eigenvalue weighted by atomic mass is 9.96. The number of allylic oxidation sites excluding steroid dienone is 2. The number of hydrogen-bond acceptors (Lipinski definition) is 7. The highest BCUT2D eigenvalue weighted by molar-refractivity contribution is 7.07. The number of rotatable bonds is 5. The normalized spacial score (nSPS) is 15.7. The van der Waals surface area contributed by atoms with E-state index in [4.69, 9.17) is 9.47 Å². The highest BCUT2D eigenvalue weighted by Gasteiger charge is 2.33. The van der Waals surface area contributed by atoms with Crippen molar-refractivity contribution >= 4 is 35.4 Å². The number of esters is 2. The fourth-order valence-corrected chi connectivity index (χ4v) is 4.72. The average molecular weight is 475 g/mol. The van der Waals surface area contributed by atoms with Gasteiger partial charge in [-0.25, -0.2) is 9.79 Å². The summed E-state index contributed by atoms with van der Waals surface area (Å²) in [6.07, 6.45) is 5.47. The van der Waals surface area contributed by atoms with Gasteiger partial charge in [0.15, 0.2) is 4.80 Å². The first-order valence-electron chi connectivity index (χ1n) is 10.5. The zero-order chi connectivity index (χ0) is 24.2. The molecule has 0 unspecified atom stereocenters. The van der Waals surface area contributed by atoms with Gasteiger partial charge in [0.2, 0.25) is 0 Å². The second kappa shape index (κ2) is 9.84. The van der Waals surface area contributed by atoms with Gasteiger partial charge in [0.1, 0.15) is 5.75 Å². The summed E-state index contributed by atoms with van der Waals surface area (Å²) in [7, 11) is 1.29. The van der Waals surface area contributed by atoms with Crippen LogP contribution in [0.4, 0.5) is 0 Å². The van der Waals surface area contributed by atoms with Crippen LogP contribution in [-0.4, -0.2) is 23.6 Å². The second-order valence-electron chi connectivity index (χ2n) is 7.53. The molecule has 2 aromatic carbocycles. The number of benzene rings is 2. The third kappa shape index (κ3) is 4.67. The van der Waals surface area contributed by atoms with E-state index in [0.29, 0.717) is 26.3 Å². The minimum Gasteiger partial charge on any atom is -0.466 e. The molecule has 4 rings (SSSR count). The minimum atomic E-state index is -0.727. The number of aromatic nitrogens is 1. The third-order valence-electron chi connectivity index (χ3n) is 5.22. The van der Waals surface area contributed by atoms with E-state index in [9.17, 15) is 14.4 Å². The monoisotopic (exact) mass is 474 g/mol. The standard InChI is InChI=1S/C26H22N2O5S/c1-16-22(25(31)32-3)23(19-12-14-20(15-13-19)33-17(2)29)28-24(30)21(34-26(28)27-16)11-7-10-18-8-5-4-6-9-18/h4-15,23H,1-3H3/b10-7-,21-11?/t23-/m1/s1. The van der Waals surface area contributed by atoms with E-state index >= 15 is 0 Å². The molecular weight excluding hydrogens is 452 g/mol. The molecule has 0 amide bonds. The summed E-state index contributed by atoms with van der Waals surface area (Å²) in [5.41, 5.74) is 2.18. The summed E-state index contributed by atoms with van der Waals surface area (Å²) in [5.74, 6) is -0.626. The van der Waals surface area contributed by atoms with Gasteiger partial charge in [0.25, 0.3) is 5.56 Å². The van der Waals surface area contributed by atoms with Crippen molar-refractivity contribution in [3.05, 3.63) is 103 Å². The van der Waals surface area contributed by atoms with Crippen LogP contribution in [0.25, 0.3) is 12.2 Å². The predicted octanol–water partition coefficient (Wildman–Crippen LogP) is 3.00. The fraction of sp³-hybridized carbons (Fsp3) is 0.154. The number of hydrogen-bond donors (Lipinski definition) is 0. The molecule has 0 bridgehead atoms. The quantitative estimate of drug-likeness (QED) is 0.419. The van der Waals surface area contributed by atoms with Crippen molar-refractivity contribution in [2.24, 2.45) is 4.99 Å². The van der Waals surface area contributed by atoms with Gasteiger partial charge in [-0.1, -0.05) is 66.0 Å². The van der Waals surface area contributed by atoms with Gasteiger partial charge < -0.3 is 9.47 Å². The average Bonchev–Trinajstić information content (AvgIpc) is 3.13. The zero-order valence-electron chi connectivity index (χ0n) is 18.8. The lowest BCUT2D eigenvalue weighted by molar-refractivity contribution is -0.136. The van der Waals surface area contributed by atoms with Crippen molar-refractivity contribution in [1.29, 1.82) is 0 Å². The van der Waals surface area contributed by atoms with Crippen LogP contribution in [0.15, 0.2) is 81.7 Å². The van der Waals surface area contributed by atoms with E-state index in [1.54, 1.807) is 37.3 Å². The maximum atomic E-state index is 13.4. The van der Waals surface area contributed by atoms with Crippen LogP contribution in [-0.2, 0) is 14.3 Å². The SMILES string of the molecule is COC(=O)C1=C(C)N=c2sc(=C/C=C\c3ccccc3)c(=O)n2[C@@H]1c1ccc(OC(C)=O)cc1. The maximum absolute atomic E-state index is 13.4. The van der Waals surface area contributed by atoms with Crippen LogP contribution in [0.3, 0.4) is 0 Å². The molecule has 1 atom stereocenters. The van der Waals surface area contributed by atoms with Crippen molar-refractivity contribution in [2.45, 2.75) is 19.9 Å². The molecule has 0 spiro atoms. The van der Waals surface area contributed by atoms with Crippen LogP contribution in [0.1, 0.15) is 31.0 Å². The summed E-state index contributed by atoms with van der Waals surface area (Å²) in [4.78, 5) is 42.4. The number of ether oxygens (including phenoxy) is 2. The van der Waals surface area contributed by atoms with Crippen LogP contribution in [0.2, 0.25) is 0 Å². The Morgan fingerprint density at radius 2 is 1.79 bits per heavy atom. The molecule has 1 aromatic heterocycles. The molecule has 172 valence electrons. The number of fused-ring (bicyclic) bond motifs is 1. The molecule has 0 N–H and O–H groups in total. The Morgan fingerprint density at radius 3 is 2.44 bits per heavy atom. The number of methoxy groups -OCH3 is 1. The van der Waals surface area contributed by atoms with Crippen LogP contribution in [0, 0.1) is 0 Å². The Hall–Kier alpha value is -4.04. The molecule has 0 radical (unpaired) electrons. The van der Waals surface area contributed by atoms with Gasteiger partial charge in [-0.2, -0.15) is 0 Å². The largest absolute Gasteiger partial charge is 0.466 e. The van der Waals surface area contributed by atoms with Gasteiger partial charge >= 0.3 is 11.9 Å². The van der Waals surface area contributed by atoms with Crippen molar-refractivity contribution < 1.29 is 19.1 Å². The minimum absolute atomic E-state index is 0.260. The van der Waals surface area contributed by atoms with E-state index in [-0.39, 0.29) is 11.1 Å². The molecule has 1 aliphatic rings. The molecule has 2 heterocycles. The Labute approximate surface area is 199 Å². The molecule has 8 heteroatoms. The number of nitrogens with zero attached hydrogens (tertiary/aromatic N) is 2. The first-order valence-corrected chi connectivity index (χ1v) is 11.3. The molecule has 34 heavy (non-hydrogen) atoms. The van der Waals surface area contributed by atoms with E-state index in [0.717, 1.165) is 5.56 Å². The van der Waals surface area contributed by atoms with Crippen molar-refractivity contribution in [1.82, 2.24) is 4.57 Å². The first-order chi connectivity index (χ1) is 16.4. The highest BCUT2D eigenvalue weighted by Crippen LogP contribution is 2.31. The topological polar surface area (TPSA) is 87.0 Å². The third-order valence-corrected chi connectivity index (χ3v) is 6.22. The van der Waals surface area contributed by atoms with Crippen LogP contribution >= 0.6 is 11.3 Å². The van der Waals surface area contributed by atoms with Crippen molar-refractivity contribution in [2.75, 3.05) is 7.11 Å². The Morgan fingerprint density at radius 1 is 1.09 bits per heavy atom. The lowest BCUT2D eigenvalue weighted by Gasteiger charge is -2.24. The second-order valence-corrected chi connectivity index (χ2v) is 8.54. The van der Waals surface area contributed by atoms with Crippen molar-refractivity contribution in [3.8, 4) is 5.75 Å². The Kier molecular flexibility index (Phi) is 6.70. The number of carbonyl (C=O) groups is 2. The van der Waals surface area contributed by atoms with E-state index in [1.807, 2.05) is 42.5 Å². The molecule has 0 saturated carbocycles. The molecule has 1 aliphatic heterocycles. The fourth-order valence-electron chi connectivity index (χ4n) is 3.72. The Balaban J connectivity index is 1.83. The molecule has 7 nitrogen and oxygen atoms in total. The maximum Gasteiger partial charge on any atom is 0.338 e. The van der Waals surface area contributed by atoms with Gasteiger partial charge in [-0.05, 0) is 36.3 Å². The zero-order valence-corrected chi connectivity index (χ0v) is 19.7. The van der Waals surface area contributed by atoms with Crippen LogP contribution < -0.4 is 19.6 Å². The molecule has 0 aliphatic carbocycles. The summed E-state index contributed by atoms with van der Waals surface area (Å²) in [5, 5.41) is 0. The van der Waals surface area contributed by atoms with E-state index < -0.39 is 18.0 Å². The van der Waals surface area contributed by atoms with Crippen molar-refractivity contribution in [3.63, 3.8) is 0 Å². The van der Waals surface area contributed by atoms with Gasteiger partial charge in [-0.3, -0.25) is 14.2 Å².